The van der Waals surface area contributed by atoms with Crippen LogP contribution in [0.25, 0.3) is 0 Å². The molecule has 5 nitrogen and oxygen atoms in total. The molecule has 2 rings (SSSR count). The molecule has 0 atom stereocenters. The quantitative estimate of drug-likeness (QED) is 0.802. The van der Waals surface area contributed by atoms with Gasteiger partial charge < -0.3 is 15.8 Å². The number of hydrogen-bond acceptors (Lipinski definition) is 4. The topological polar surface area (TPSA) is 77.2 Å². The van der Waals surface area contributed by atoms with Gasteiger partial charge in [-0.05, 0) is 31.9 Å². The molecule has 1 aromatic rings. The van der Waals surface area contributed by atoms with Crippen molar-refractivity contribution in [3.63, 3.8) is 0 Å². The van der Waals surface area contributed by atoms with E-state index in [1.807, 2.05) is 6.92 Å². The fraction of sp³-hybridized carbons (Fsp3) is 0.500. The first-order chi connectivity index (χ1) is 8.22. The number of rotatable bonds is 5. The van der Waals surface area contributed by atoms with Gasteiger partial charge >= 0.3 is 0 Å². The Morgan fingerprint density at radius 2 is 2.41 bits per heavy atom. The van der Waals surface area contributed by atoms with Crippen molar-refractivity contribution < 1.29 is 9.53 Å². The maximum absolute atomic E-state index is 12.0. The molecule has 1 aliphatic rings. The number of amides is 1. The van der Waals surface area contributed by atoms with E-state index < -0.39 is 0 Å². The lowest BCUT2D eigenvalue weighted by Gasteiger charge is -2.14. The zero-order valence-electron chi connectivity index (χ0n) is 9.90. The zero-order chi connectivity index (χ0) is 12.3. The summed E-state index contributed by atoms with van der Waals surface area (Å²) in [7, 11) is 0. The van der Waals surface area contributed by atoms with Crippen LogP contribution in [0.3, 0.4) is 0 Å². The number of carbonyl (C=O) groups is 1. The monoisotopic (exact) mass is 235 g/mol. The Morgan fingerprint density at radius 3 is 3.00 bits per heavy atom. The number of nitrogens with two attached hydrogens (primary N) is 1. The molecule has 1 aromatic heterocycles. The highest BCUT2D eigenvalue weighted by molar-refractivity contribution is 5.98. The first-order valence-electron chi connectivity index (χ1n) is 5.81. The largest absolute Gasteiger partial charge is 0.476 e. The summed E-state index contributed by atoms with van der Waals surface area (Å²) in [5, 5.41) is 2.84. The Hall–Kier alpha value is -1.62. The van der Waals surface area contributed by atoms with Crippen LogP contribution in [-0.4, -0.2) is 24.0 Å². The number of anilines is 1. The second-order valence-electron chi connectivity index (χ2n) is 4.23. The minimum atomic E-state index is -0.362. The maximum atomic E-state index is 12.0. The van der Waals surface area contributed by atoms with Gasteiger partial charge in [0.05, 0.1) is 12.0 Å². The highest BCUT2D eigenvalue weighted by Gasteiger charge is 2.48. The Kier molecular flexibility index (Phi) is 3.28. The lowest BCUT2D eigenvalue weighted by Crippen LogP contribution is -2.31. The van der Waals surface area contributed by atoms with E-state index in [9.17, 15) is 4.79 Å². The van der Waals surface area contributed by atoms with E-state index in [2.05, 4.69) is 10.3 Å². The van der Waals surface area contributed by atoms with E-state index in [-0.39, 0.29) is 11.3 Å². The summed E-state index contributed by atoms with van der Waals surface area (Å²) in [5.74, 6) is 0.421. The molecule has 3 N–H and O–H groups in total. The Bertz CT molecular complexity index is 416. The molecule has 92 valence electrons. The summed E-state index contributed by atoms with van der Waals surface area (Å²) in [6, 6.07) is 3.54. The van der Waals surface area contributed by atoms with Gasteiger partial charge in [-0.25, -0.2) is 4.98 Å². The number of hydrogen-bond donors (Lipinski definition) is 2. The van der Waals surface area contributed by atoms with Gasteiger partial charge in [0.15, 0.2) is 0 Å². The molecule has 1 saturated carbocycles. The molecular weight excluding hydrogens is 218 g/mol. The molecule has 0 aromatic carbocycles. The van der Waals surface area contributed by atoms with Gasteiger partial charge in [0.1, 0.15) is 5.69 Å². The van der Waals surface area contributed by atoms with E-state index in [4.69, 9.17) is 10.5 Å². The second-order valence-corrected chi connectivity index (χ2v) is 4.23. The van der Waals surface area contributed by atoms with Crippen molar-refractivity contribution in [3.05, 3.63) is 18.3 Å². The van der Waals surface area contributed by atoms with Crippen LogP contribution in [0.5, 0.6) is 5.88 Å². The van der Waals surface area contributed by atoms with Gasteiger partial charge in [0, 0.05) is 12.7 Å². The Labute approximate surface area is 100 Å². The number of ether oxygens (including phenoxy) is 1. The molecule has 0 unspecified atom stereocenters. The molecule has 1 aliphatic carbocycles. The minimum absolute atomic E-state index is 0.0334. The van der Waals surface area contributed by atoms with E-state index in [1.54, 1.807) is 18.3 Å². The van der Waals surface area contributed by atoms with Crippen molar-refractivity contribution in [1.82, 2.24) is 4.98 Å². The van der Waals surface area contributed by atoms with Crippen LogP contribution < -0.4 is 15.8 Å². The molecule has 0 saturated heterocycles. The molecule has 0 radical (unpaired) electrons. The molecule has 1 amide bonds. The third-order valence-corrected chi connectivity index (χ3v) is 3.03. The molecule has 1 fully saturated rings. The first-order valence-corrected chi connectivity index (χ1v) is 5.81. The van der Waals surface area contributed by atoms with E-state index in [0.717, 1.165) is 12.8 Å². The fourth-order valence-corrected chi connectivity index (χ4v) is 1.67. The number of pyridine rings is 1. The summed E-state index contributed by atoms with van der Waals surface area (Å²) in [6.07, 6.45) is 3.36. The standard InChI is InChI=1S/C12H17N3O2/c1-2-17-10-9(4-3-7-14-10)15-11(16)12(8-13)5-6-12/h3-4,7H,2,5-6,8,13H2,1H3,(H,15,16). The average molecular weight is 235 g/mol. The van der Waals surface area contributed by atoms with Gasteiger partial charge in [-0.1, -0.05) is 0 Å². The van der Waals surface area contributed by atoms with Crippen LogP contribution >= 0.6 is 0 Å². The smallest absolute Gasteiger partial charge is 0.237 e. The van der Waals surface area contributed by atoms with Gasteiger partial charge in [0.25, 0.3) is 0 Å². The van der Waals surface area contributed by atoms with E-state index >= 15 is 0 Å². The van der Waals surface area contributed by atoms with Crippen LogP contribution in [0, 0.1) is 5.41 Å². The molecule has 5 heteroatoms. The summed E-state index contributed by atoms with van der Waals surface area (Å²) >= 11 is 0. The highest BCUT2D eigenvalue weighted by atomic mass is 16.5. The Balaban J connectivity index is 2.10. The van der Waals surface area contributed by atoms with Gasteiger partial charge in [-0.15, -0.1) is 0 Å². The summed E-state index contributed by atoms with van der Waals surface area (Å²) in [5.41, 5.74) is 5.86. The van der Waals surface area contributed by atoms with E-state index in [0.29, 0.717) is 24.7 Å². The van der Waals surface area contributed by atoms with Crippen LogP contribution in [0.15, 0.2) is 18.3 Å². The van der Waals surface area contributed by atoms with Crippen molar-refractivity contribution in [2.24, 2.45) is 11.1 Å². The van der Waals surface area contributed by atoms with Crippen LogP contribution in [0.2, 0.25) is 0 Å². The number of nitrogens with zero attached hydrogens (tertiary/aromatic N) is 1. The van der Waals surface area contributed by atoms with Crippen LogP contribution in [-0.2, 0) is 4.79 Å². The van der Waals surface area contributed by atoms with Crippen LogP contribution in [0.4, 0.5) is 5.69 Å². The SMILES string of the molecule is CCOc1ncccc1NC(=O)C1(CN)CC1. The van der Waals surface area contributed by atoms with Crippen molar-refractivity contribution in [2.45, 2.75) is 19.8 Å². The third-order valence-electron chi connectivity index (χ3n) is 3.03. The first kappa shape index (κ1) is 11.9. The number of aromatic nitrogens is 1. The summed E-state index contributed by atoms with van der Waals surface area (Å²) < 4.78 is 5.35. The molecule has 0 bridgehead atoms. The predicted molar refractivity (Wildman–Crippen MR) is 64.8 cm³/mol. The Morgan fingerprint density at radius 1 is 1.65 bits per heavy atom. The summed E-state index contributed by atoms with van der Waals surface area (Å²) in [6.45, 7) is 2.79. The number of carbonyl (C=O) groups excluding carboxylic acids is 1. The second kappa shape index (κ2) is 4.71. The van der Waals surface area contributed by atoms with Crippen molar-refractivity contribution in [2.75, 3.05) is 18.5 Å². The van der Waals surface area contributed by atoms with Crippen molar-refractivity contribution >= 4 is 11.6 Å². The number of nitrogens with one attached hydrogen (secondary N) is 1. The molecule has 17 heavy (non-hydrogen) atoms. The average Bonchev–Trinajstić information content (AvgIpc) is 3.13. The van der Waals surface area contributed by atoms with Crippen molar-refractivity contribution in [3.8, 4) is 5.88 Å². The lowest BCUT2D eigenvalue weighted by molar-refractivity contribution is -0.120. The van der Waals surface area contributed by atoms with Gasteiger partial charge in [-0.2, -0.15) is 0 Å². The third kappa shape index (κ3) is 2.39. The lowest BCUT2D eigenvalue weighted by atomic mass is 10.1. The van der Waals surface area contributed by atoms with E-state index in [1.165, 1.54) is 0 Å². The normalized spacial score (nSPS) is 16.4. The zero-order valence-corrected chi connectivity index (χ0v) is 9.90. The van der Waals surface area contributed by atoms with Gasteiger partial charge in [-0.3, -0.25) is 4.79 Å². The molecular formula is C12H17N3O2. The molecule has 0 spiro atoms. The highest BCUT2D eigenvalue weighted by Crippen LogP contribution is 2.45. The van der Waals surface area contributed by atoms with Crippen molar-refractivity contribution in [1.29, 1.82) is 0 Å². The van der Waals surface area contributed by atoms with Crippen LogP contribution in [0.1, 0.15) is 19.8 Å². The molecule has 1 heterocycles. The predicted octanol–water partition coefficient (Wildman–Crippen LogP) is 1.16. The molecule has 0 aliphatic heterocycles. The minimum Gasteiger partial charge on any atom is -0.476 e. The maximum Gasteiger partial charge on any atom is 0.237 e. The van der Waals surface area contributed by atoms with Gasteiger partial charge in [0.2, 0.25) is 11.8 Å². The summed E-state index contributed by atoms with van der Waals surface area (Å²) in [4.78, 5) is 16.1. The fourth-order valence-electron chi connectivity index (χ4n) is 1.67.